The molecule has 156 valence electrons. The van der Waals surface area contributed by atoms with Gasteiger partial charge in [-0.05, 0) is 31.0 Å². The lowest BCUT2D eigenvalue weighted by atomic mass is 10.1. The van der Waals surface area contributed by atoms with Crippen LogP contribution in [0.25, 0.3) is 16.6 Å². The lowest BCUT2D eigenvalue weighted by Crippen LogP contribution is -2.31. The highest BCUT2D eigenvalue weighted by atomic mass is 16.2. The van der Waals surface area contributed by atoms with Gasteiger partial charge in [0, 0.05) is 38.4 Å². The molecule has 1 atom stereocenters. The molecule has 1 fully saturated rings. The Morgan fingerprint density at radius 3 is 2.77 bits per heavy atom. The van der Waals surface area contributed by atoms with E-state index < -0.39 is 0 Å². The lowest BCUT2D eigenvalue weighted by Gasteiger charge is -2.25. The van der Waals surface area contributed by atoms with Crippen LogP contribution in [0.3, 0.4) is 0 Å². The van der Waals surface area contributed by atoms with Gasteiger partial charge in [0.25, 0.3) is 11.8 Å². The van der Waals surface area contributed by atoms with E-state index in [-0.39, 0.29) is 17.9 Å². The number of hydrogen-bond acceptors (Lipinski definition) is 5. The number of benzene rings is 1. The van der Waals surface area contributed by atoms with Crippen LogP contribution in [0.4, 0.5) is 0 Å². The molecule has 31 heavy (non-hydrogen) atoms. The summed E-state index contributed by atoms with van der Waals surface area (Å²) < 4.78 is 1.69. The molecule has 3 aromatic heterocycles. The molecule has 0 aliphatic carbocycles. The maximum Gasteiger partial charge on any atom is 0.258 e. The van der Waals surface area contributed by atoms with E-state index >= 15 is 0 Å². The summed E-state index contributed by atoms with van der Waals surface area (Å²) in [4.78, 5) is 38.1. The summed E-state index contributed by atoms with van der Waals surface area (Å²) in [5, 5.41) is 5.37. The molecule has 1 aromatic carbocycles. The summed E-state index contributed by atoms with van der Waals surface area (Å²) in [5.74, 6) is -0.205. The van der Waals surface area contributed by atoms with Crippen molar-refractivity contribution in [3.63, 3.8) is 0 Å². The molecule has 0 bridgehead atoms. The molecule has 5 rings (SSSR count). The number of rotatable bonds is 3. The zero-order valence-electron chi connectivity index (χ0n) is 17.4. The van der Waals surface area contributed by atoms with Crippen molar-refractivity contribution >= 4 is 28.4 Å². The molecule has 1 saturated heterocycles. The first-order valence-electron chi connectivity index (χ1n) is 10.2. The minimum absolute atomic E-state index is 0.0533. The van der Waals surface area contributed by atoms with Crippen LogP contribution in [0.2, 0.25) is 0 Å². The highest BCUT2D eigenvalue weighted by Crippen LogP contribution is 2.33. The molecule has 8 heteroatoms. The van der Waals surface area contributed by atoms with Gasteiger partial charge < -0.3 is 9.80 Å². The zero-order valence-corrected chi connectivity index (χ0v) is 17.4. The Kier molecular flexibility index (Phi) is 4.62. The summed E-state index contributed by atoms with van der Waals surface area (Å²) in [5.41, 5.74) is 3.23. The van der Waals surface area contributed by atoms with Crippen molar-refractivity contribution in [1.29, 1.82) is 0 Å². The van der Waals surface area contributed by atoms with E-state index in [4.69, 9.17) is 0 Å². The number of aromatic nitrogens is 4. The van der Waals surface area contributed by atoms with E-state index in [9.17, 15) is 9.59 Å². The Labute approximate surface area is 179 Å². The fraction of sp³-hybridized carbons (Fsp3) is 0.261. The third-order valence-corrected chi connectivity index (χ3v) is 5.76. The molecule has 0 N–H and O–H groups in total. The molecule has 0 radical (unpaired) electrons. The fourth-order valence-corrected chi connectivity index (χ4v) is 4.23. The number of para-hydroxylation sites is 1. The summed E-state index contributed by atoms with van der Waals surface area (Å²) >= 11 is 0. The second kappa shape index (κ2) is 7.46. The molecule has 1 aliphatic rings. The standard InChI is InChI=1S/C23H22N6O2/c1-27(2)23(31)17-14-26-29-20(9-10-24-21(17)29)19-8-5-11-28(19)22(30)16-12-15-6-3-4-7-18(15)25-13-16/h3-4,6-7,9-10,12-14,19H,5,8,11H2,1-2H3. The monoisotopic (exact) mass is 414 g/mol. The minimum atomic E-state index is -0.152. The Balaban J connectivity index is 1.52. The molecule has 4 heterocycles. The number of pyridine rings is 1. The topological polar surface area (TPSA) is 83.7 Å². The van der Waals surface area contributed by atoms with Crippen molar-refractivity contribution in [1.82, 2.24) is 29.4 Å². The minimum Gasteiger partial charge on any atom is -0.345 e. The largest absolute Gasteiger partial charge is 0.345 e. The van der Waals surface area contributed by atoms with Crippen molar-refractivity contribution < 1.29 is 9.59 Å². The quantitative estimate of drug-likeness (QED) is 0.515. The van der Waals surface area contributed by atoms with Gasteiger partial charge in [-0.25, -0.2) is 9.50 Å². The molecule has 8 nitrogen and oxygen atoms in total. The van der Waals surface area contributed by atoms with Crippen LogP contribution in [-0.4, -0.2) is 61.8 Å². The van der Waals surface area contributed by atoms with Crippen molar-refractivity contribution in [3.05, 3.63) is 71.8 Å². The van der Waals surface area contributed by atoms with Crippen LogP contribution < -0.4 is 0 Å². The molecule has 0 saturated carbocycles. The average Bonchev–Trinajstić information content (AvgIpc) is 3.45. The fourth-order valence-electron chi connectivity index (χ4n) is 4.23. The smallest absolute Gasteiger partial charge is 0.258 e. The van der Waals surface area contributed by atoms with Gasteiger partial charge in [-0.15, -0.1) is 0 Å². The Bertz CT molecular complexity index is 1310. The van der Waals surface area contributed by atoms with Crippen LogP contribution in [0.15, 0.2) is 55.0 Å². The first-order valence-corrected chi connectivity index (χ1v) is 10.2. The van der Waals surface area contributed by atoms with Gasteiger partial charge in [-0.2, -0.15) is 5.10 Å². The SMILES string of the molecule is CN(C)C(=O)c1cnn2c(C3CCCN3C(=O)c3cnc4ccccc4c3)ccnc12. The first kappa shape index (κ1) is 19.2. The van der Waals surface area contributed by atoms with Gasteiger partial charge in [0.15, 0.2) is 5.65 Å². The number of carbonyl (C=O) groups is 2. The van der Waals surface area contributed by atoms with Gasteiger partial charge >= 0.3 is 0 Å². The molecule has 4 aromatic rings. The number of hydrogen-bond donors (Lipinski definition) is 0. The van der Waals surface area contributed by atoms with Crippen LogP contribution in [0, 0.1) is 0 Å². The summed E-state index contributed by atoms with van der Waals surface area (Å²) in [7, 11) is 3.40. The average molecular weight is 414 g/mol. The number of fused-ring (bicyclic) bond motifs is 2. The van der Waals surface area contributed by atoms with Gasteiger partial charge in [-0.1, -0.05) is 18.2 Å². The lowest BCUT2D eigenvalue weighted by molar-refractivity contribution is 0.0730. The van der Waals surface area contributed by atoms with Gasteiger partial charge in [0.2, 0.25) is 0 Å². The molecule has 0 spiro atoms. The van der Waals surface area contributed by atoms with Crippen molar-refractivity contribution in [2.24, 2.45) is 0 Å². The summed E-state index contributed by atoms with van der Waals surface area (Å²) in [6.45, 7) is 0.658. The number of likely N-dealkylation sites (tertiary alicyclic amines) is 1. The van der Waals surface area contributed by atoms with Crippen LogP contribution in [-0.2, 0) is 0 Å². The third kappa shape index (κ3) is 3.20. The van der Waals surface area contributed by atoms with Crippen molar-refractivity contribution in [2.45, 2.75) is 18.9 Å². The Morgan fingerprint density at radius 2 is 1.94 bits per heavy atom. The number of carbonyl (C=O) groups excluding carboxylic acids is 2. The van der Waals surface area contributed by atoms with E-state index in [1.165, 1.54) is 4.90 Å². The maximum absolute atomic E-state index is 13.4. The second-order valence-electron chi connectivity index (χ2n) is 7.94. The zero-order chi connectivity index (χ0) is 21.5. The van der Waals surface area contributed by atoms with E-state index in [1.54, 1.807) is 37.2 Å². The number of nitrogens with zero attached hydrogens (tertiary/aromatic N) is 6. The van der Waals surface area contributed by atoms with E-state index in [0.29, 0.717) is 23.3 Å². The molecular formula is C23H22N6O2. The van der Waals surface area contributed by atoms with Crippen molar-refractivity contribution in [2.75, 3.05) is 20.6 Å². The van der Waals surface area contributed by atoms with Gasteiger partial charge in [0.05, 0.1) is 29.0 Å². The predicted octanol–water partition coefficient (Wildman–Crippen LogP) is 2.96. The van der Waals surface area contributed by atoms with Gasteiger partial charge in [-0.3, -0.25) is 14.6 Å². The van der Waals surface area contributed by atoms with Crippen LogP contribution in [0.1, 0.15) is 45.3 Å². The maximum atomic E-state index is 13.4. The highest BCUT2D eigenvalue weighted by Gasteiger charge is 2.33. The van der Waals surface area contributed by atoms with E-state index in [0.717, 1.165) is 29.4 Å². The summed E-state index contributed by atoms with van der Waals surface area (Å²) in [6.07, 6.45) is 6.58. The van der Waals surface area contributed by atoms with Gasteiger partial charge in [0.1, 0.15) is 5.56 Å². The summed E-state index contributed by atoms with van der Waals surface area (Å²) in [6, 6.07) is 11.4. The normalized spacial score (nSPS) is 16.2. The van der Waals surface area contributed by atoms with Crippen LogP contribution in [0.5, 0.6) is 0 Å². The molecule has 1 aliphatic heterocycles. The van der Waals surface area contributed by atoms with E-state index in [2.05, 4.69) is 15.1 Å². The molecule has 2 amide bonds. The Morgan fingerprint density at radius 1 is 1.10 bits per heavy atom. The second-order valence-corrected chi connectivity index (χ2v) is 7.94. The number of amides is 2. The first-order chi connectivity index (χ1) is 15.0. The molecule has 1 unspecified atom stereocenters. The highest BCUT2D eigenvalue weighted by molar-refractivity contribution is 5.99. The Hall–Kier alpha value is -3.81. The molecular weight excluding hydrogens is 392 g/mol. The predicted molar refractivity (Wildman–Crippen MR) is 116 cm³/mol. The van der Waals surface area contributed by atoms with Crippen molar-refractivity contribution in [3.8, 4) is 0 Å². The van der Waals surface area contributed by atoms with Crippen LogP contribution >= 0.6 is 0 Å². The third-order valence-electron chi connectivity index (χ3n) is 5.76. The van der Waals surface area contributed by atoms with E-state index in [1.807, 2.05) is 41.3 Å².